The third kappa shape index (κ3) is 3.42. The minimum Gasteiger partial charge on any atom is -0.497 e. The zero-order valence-corrected chi connectivity index (χ0v) is 9.56. The summed E-state index contributed by atoms with van der Waals surface area (Å²) < 4.78 is 5.37. The average molecular weight is 220 g/mol. The highest BCUT2D eigenvalue weighted by Crippen LogP contribution is 2.13. The van der Waals surface area contributed by atoms with Crippen LogP contribution >= 0.6 is 0 Å². The first-order chi connectivity index (χ1) is 7.65. The van der Waals surface area contributed by atoms with E-state index >= 15 is 0 Å². The molecule has 0 unspecified atom stereocenters. The van der Waals surface area contributed by atoms with Crippen molar-refractivity contribution >= 4 is 5.97 Å². The maximum atomic E-state index is 10.9. The van der Waals surface area contributed by atoms with E-state index in [4.69, 9.17) is 9.84 Å². The van der Waals surface area contributed by atoms with Gasteiger partial charge in [-0.25, -0.2) is 4.79 Å². The molecule has 3 nitrogen and oxygen atoms in total. The summed E-state index contributed by atoms with van der Waals surface area (Å²) in [7, 11) is 0. The molecule has 0 aliphatic heterocycles. The molecule has 86 valence electrons. The monoisotopic (exact) mass is 220 g/mol. The van der Waals surface area contributed by atoms with Gasteiger partial charge >= 0.3 is 5.97 Å². The van der Waals surface area contributed by atoms with Crippen LogP contribution in [0.4, 0.5) is 0 Å². The number of carboxylic acid groups (broad SMARTS) is 1. The van der Waals surface area contributed by atoms with Crippen molar-refractivity contribution in [2.45, 2.75) is 20.3 Å². The summed E-state index contributed by atoms with van der Waals surface area (Å²) in [5.74, 6) is -0.402. The molecule has 0 amide bonds. The first kappa shape index (κ1) is 12.3. The first-order valence-corrected chi connectivity index (χ1v) is 5.25. The highest BCUT2D eigenvalue weighted by atomic mass is 16.5. The molecule has 0 aliphatic rings. The first-order valence-electron chi connectivity index (χ1n) is 5.25. The van der Waals surface area contributed by atoms with Gasteiger partial charge in [0.25, 0.3) is 0 Å². The number of rotatable bonds is 5. The lowest BCUT2D eigenvalue weighted by Crippen LogP contribution is -2.06. The van der Waals surface area contributed by atoms with Gasteiger partial charge in [0, 0.05) is 6.42 Å². The molecule has 0 saturated heterocycles. The molecule has 0 heterocycles. The van der Waals surface area contributed by atoms with E-state index < -0.39 is 5.97 Å². The molecule has 1 aromatic carbocycles. The van der Waals surface area contributed by atoms with Crippen molar-refractivity contribution in [1.29, 1.82) is 0 Å². The highest BCUT2D eigenvalue weighted by Gasteiger charge is 2.10. The molecule has 1 aromatic rings. The number of hydrogen-bond donors (Lipinski definition) is 1. The minimum absolute atomic E-state index is 0.269. The van der Waals surface area contributed by atoms with E-state index in [2.05, 4.69) is 0 Å². The van der Waals surface area contributed by atoms with Crippen LogP contribution in [0.3, 0.4) is 0 Å². The smallest absolute Gasteiger partial charge is 0.334 e. The van der Waals surface area contributed by atoms with E-state index in [1.165, 1.54) is 0 Å². The predicted molar refractivity (Wildman–Crippen MR) is 62.1 cm³/mol. The quantitative estimate of drug-likeness (QED) is 0.613. The van der Waals surface area contributed by atoms with Crippen LogP contribution in [0.1, 0.15) is 19.4 Å². The molecular weight excluding hydrogens is 204 g/mol. The van der Waals surface area contributed by atoms with Crippen molar-refractivity contribution in [1.82, 2.24) is 0 Å². The topological polar surface area (TPSA) is 46.5 Å². The zero-order valence-electron chi connectivity index (χ0n) is 9.56. The van der Waals surface area contributed by atoms with Gasteiger partial charge in [-0.2, -0.15) is 0 Å². The fourth-order valence-electron chi connectivity index (χ4n) is 1.37. The number of carbonyl (C=O) groups is 1. The summed E-state index contributed by atoms with van der Waals surface area (Å²) in [6.07, 6.45) is 0.521. The summed E-state index contributed by atoms with van der Waals surface area (Å²) >= 11 is 0. The Morgan fingerprint density at radius 3 is 2.44 bits per heavy atom. The van der Waals surface area contributed by atoms with Crippen molar-refractivity contribution in [2.75, 3.05) is 6.61 Å². The van der Waals surface area contributed by atoms with Gasteiger partial charge in [0.1, 0.15) is 5.76 Å². The molecule has 0 atom stereocenters. The largest absolute Gasteiger partial charge is 0.497 e. The summed E-state index contributed by atoms with van der Waals surface area (Å²) in [4.78, 5) is 10.9. The normalized spacial score (nSPS) is 11.9. The Hall–Kier alpha value is -1.77. The lowest BCUT2D eigenvalue weighted by atomic mass is 10.1. The number of allylic oxidation sites excluding steroid dienone is 1. The molecule has 1 N–H and O–H groups in total. The van der Waals surface area contributed by atoms with Gasteiger partial charge in [-0.05, 0) is 19.4 Å². The molecule has 0 aliphatic carbocycles. The molecule has 0 aromatic heterocycles. The van der Waals surface area contributed by atoms with Crippen LogP contribution in [0.15, 0.2) is 41.7 Å². The van der Waals surface area contributed by atoms with Crippen LogP contribution in [0.2, 0.25) is 0 Å². The van der Waals surface area contributed by atoms with Crippen LogP contribution in [-0.4, -0.2) is 17.7 Å². The Kier molecular flexibility index (Phi) is 4.58. The molecule has 3 heteroatoms. The van der Waals surface area contributed by atoms with Gasteiger partial charge < -0.3 is 9.84 Å². The van der Waals surface area contributed by atoms with Crippen LogP contribution in [-0.2, 0) is 16.0 Å². The molecular formula is C13H16O3. The molecule has 0 spiro atoms. The lowest BCUT2D eigenvalue weighted by molar-refractivity contribution is -0.132. The number of benzene rings is 1. The van der Waals surface area contributed by atoms with Crippen molar-refractivity contribution in [3.63, 3.8) is 0 Å². The number of aliphatic carboxylic acids is 1. The van der Waals surface area contributed by atoms with Gasteiger partial charge in [-0.1, -0.05) is 30.3 Å². The standard InChI is InChI=1S/C13H16O3/c1-3-16-12(10(2)13(14)15)9-11-7-5-4-6-8-11/h4-8H,3,9H2,1-2H3,(H,14,15)/b12-10+. The maximum Gasteiger partial charge on any atom is 0.334 e. The van der Waals surface area contributed by atoms with Gasteiger partial charge in [0.15, 0.2) is 0 Å². The SMILES string of the molecule is CCO/C(Cc1ccccc1)=C(\C)C(=O)O. The van der Waals surface area contributed by atoms with E-state index in [-0.39, 0.29) is 5.57 Å². The third-order valence-corrected chi connectivity index (χ3v) is 2.27. The van der Waals surface area contributed by atoms with Crippen LogP contribution in [0.5, 0.6) is 0 Å². The Balaban J connectivity index is 2.88. The van der Waals surface area contributed by atoms with Gasteiger partial charge in [-0.3, -0.25) is 0 Å². The van der Waals surface area contributed by atoms with Crippen LogP contribution < -0.4 is 0 Å². The second-order valence-electron chi connectivity index (χ2n) is 3.45. The fraction of sp³-hybridized carbons (Fsp3) is 0.308. The average Bonchev–Trinajstić information content (AvgIpc) is 2.29. The second kappa shape index (κ2) is 5.95. The summed E-state index contributed by atoms with van der Waals surface area (Å²) in [6, 6.07) is 9.68. The minimum atomic E-state index is -0.931. The third-order valence-electron chi connectivity index (χ3n) is 2.27. The van der Waals surface area contributed by atoms with E-state index in [1.54, 1.807) is 6.92 Å². The summed E-state index contributed by atoms with van der Waals surface area (Å²) in [5.41, 5.74) is 1.32. The van der Waals surface area contributed by atoms with Gasteiger partial charge in [0.05, 0.1) is 12.2 Å². The van der Waals surface area contributed by atoms with Crippen molar-refractivity contribution in [2.24, 2.45) is 0 Å². The van der Waals surface area contributed by atoms with E-state index in [0.717, 1.165) is 5.56 Å². The highest BCUT2D eigenvalue weighted by molar-refractivity contribution is 5.86. The predicted octanol–water partition coefficient (Wildman–Crippen LogP) is 2.62. The number of carboxylic acids is 1. The van der Waals surface area contributed by atoms with E-state index in [0.29, 0.717) is 18.8 Å². The number of ether oxygens (including phenoxy) is 1. The van der Waals surface area contributed by atoms with Gasteiger partial charge in [-0.15, -0.1) is 0 Å². The van der Waals surface area contributed by atoms with Crippen LogP contribution in [0, 0.1) is 0 Å². The maximum absolute atomic E-state index is 10.9. The van der Waals surface area contributed by atoms with Crippen molar-refractivity contribution < 1.29 is 14.6 Å². The van der Waals surface area contributed by atoms with Crippen LogP contribution in [0.25, 0.3) is 0 Å². The fourth-order valence-corrected chi connectivity index (χ4v) is 1.37. The van der Waals surface area contributed by atoms with Crippen molar-refractivity contribution in [3.05, 3.63) is 47.2 Å². The Bertz CT molecular complexity index is 379. The second-order valence-corrected chi connectivity index (χ2v) is 3.45. The Labute approximate surface area is 95.4 Å². The molecule has 1 rings (SSSR count). The molecule has 16 heavy (non-hydrogen) atoms. The van der Waals surface area contributed by atoms with Crippen molar-refractivity contribution in [3.8, 4) is 0 Å². The molecule has 0 bridgehead atoms. The summed E-state index contributed by atoms with van der Waals surface area (Å²) in [6.45, 7) is 3.89. The Morgan fingerprint density at radius 1 is 1.31 bits per heavy atom. The number of hydrogen-bond acceptors (Lipinski definition) is 2. The van der Waals surface area contributed by atoms with E-state index in [1.807, 2.05) is 37.3 Å². The lowest BCUT2D eigenvalue weighted by Gasteiger charge is -2.10. The van der Waals surface area contributed by atoms with E-state index in [9.17, 15) is 4.79 Å². The van der Waals surface area contributed by atoms with Gasteiger partial charge in [0.2, 0.25) is 0 Å². The summed E-state index contributed by atoms with van der Waals surface area (Å²) in [5, 5.41) is 8.92. The zero-order chi connectivity index (χ0) is 12.0. The Morgan fingerprint density at radius 2 is 1.94 bits per heavy atom. The molecule has 0 radical (unpaired) electrons. The molecule has 0 saturated carbocycles. The molecule has 0 fully saturated rings.